The molecule has 2 aromatic carbocycles. The SMILES string of the molecule is COc1ccc(S(=O)(=O)NC(=O)c2c(C)nn(-c3ccc(F)cc3)c2Cl)cc1. The van der Waals surface area contributed by atoms with Crippen LogP contribution < -0.4 is 9.46 Å². The third-order valence-corrected chi connectivity index (χ3v) is 5.60. The van der Waals surface area contributed by atoms with Crippen molar-refractivity contribution < 1.29 is 22.3 Å². The summed E-state index contributed by atoms with van der Waals surface area (Å²) in [6.45, 7) is 1.51. The Morgan fingerprint density at radius 1 is 1.14 bits per heavy atom. The summed E-state index contributed by atoms with van der Waals surface area (Å²) in [7, 11) is -2.67. The number of ether oxygens (including phenoxy) is 1. The van der Waals surface area contributed by atoms with Crippen LogP contribution in [-0.2, 0) is 10.0 Å². The van der Waals surface area contributed by atoms with Gasteiger partial charge in [0.2, 0.25) is 0 Å². The van der Waals surface area contributed by atoms with E-state index in [0.29, 0.717) is 11.4 Å². The van der Waals surface area contributed by atoms with Crippen molar-refractivity contribution in [2.24, 2.45) is 0 Å². The van der Waals surface area contributed by atoms with Crippen molar-refractivity contribution in [1.82, 2.24) is 14.5 Å². The van der Waals surface area contributed by atoms with Crippen LogP contribution >= 0.6 is 11.6 Å². The van der Waals surface area contributed by atoms with E-state index in [-0.39, 0.29) is 21.3 Å². The molecular weight excluding hydrogens is 409 g/mol. The first-order valence-electron chi connectivity index (χ1n) is 7.95. The smallest absolute Gasteiger partial charge is 0.270 e. The normalized spacial score (nSPS) is 11.3. The summed E-state index contributed by atoms with van der Waals surface area (Å²) >= 11 is 6.25. The molecule has 0 fully saturated rings. The number of aryl methyl sites for hydroxylation is 1. The van der Waals surface area contributed by atoms with Crippen LogP contribution in [0.2, 0.25) is 5.15 Å². The number of nitrogens with one attached hydrogen (secondary N) is 1. The van der Waals surface area contributed by atoms with Gasteiger partial charge >= 0.3 is 0 Å². The van der Waals surface area contributed by atoms with Crippen molar-refractivity contribution >= 4 is 27.5 Å². The van der Waals surface area contributed by atoms with Crippen molar-refractivity contribution in [3.63, 3.8) is 0 Å². The van der Waals surface area contributed by atoms with E-state index >= 15 is 0 Å². The average Bonchev–Trinajstić information content (AvgIpc) is 2.96. The molecule has 0 aliphatic carbocycles. The highest BCUT2D eigenvalue weighted by molar-refractivity contribution is 7.90. The maximum atomic E-state index is 13.1. The Morgan fingerprint density at radius 2 is 1.75 bits per heavy atom. The van der Waals surface area contributed by atoms with Crippen LogP contribution in [0, 0.1) is 12.7 Å². The molecule has 0 saturated heterocycles. The predicted molar refractivity (Wildman–Crippen MR) is 101 cm³/mol. The molecule has 1 N–H and O–H groups in total. The zero-order chi connectivity index (χ0) is 20.5. The van der Waals surface area contributed by atoms with E-state index in [1.165, 1.54) is 67.2 Å². The van der Waals surface area contributed by atoms with Crippen molar-refractivity contribution in [2.75, 3.05) is 7.11 Å². The number of sulfonamides is 1. The van der Waals surface area contributed by atoms with Gasteiger partial charge in [-0.2, -0.15) is 5.10 Å². The number of hydrogen-bond acceptors (Lipinski definition) is 5. The van der Waals surface area contributed by atoms with E-state index in [9.17, 15) is 17.6 Å². The summed E-state index contributed by atoms with van der Waals surface area (Å²) in [5.74, 6) is -0.885. The highest BCUT2D eigenvalue weighted by atomic mass is 35.5. The van der Waals surface area contributed by atoms with Gasteiger partial charge < -0.3 is 4.74 Å². The summed E-state index contributed by atoms with van der Waals surface area (Å²) in [5, 5.41) is 4.06. The first-order chi connectivity index (χ1) is 13.2. The van der Waals surface area contributed by atoms with E-state index in [4.69, 9.17) is 16.3 Å². The monoisotopic (exact) mass is 423 g/mol. The number of hydrogen-bond donors (Lipinski definition) is 1. The number of rotatable bonds is 5. The van der Waals surface area contributed by atoms with Gasteiger partial charge in [-0.15, -0.1) is 0 Å². The molecule has 3 rings (SSSR count). The van der Waals surface area contributed by atoms with Crippen molar-refractivity contribution in [1.29, 1.82) is 0 Å². The number of halogens is 2. The molecule has 10 heteroatoms. The quantitative estimate of drug-likeness (QED) is 0.681. The second-order valence-electron chi connectivity index (χ2n) is 5.75. The van der Waals surface area contributed by atoms with E-state index in [2.05, 4.69) is 5.10 Å². The fraction of sp³-hybridized carbons (Fsp3) is 0.111. The molecule has 0 saturated carbocycles. The molecule has 0 atom stereocenters. The maximum absolute atomic E-state index is 13.1. The predicted octanol–water partition coefficient (Wildman–Crippen LogP) is 3.10. The Hall–Kier alpha value is -2.91. The summed E-state index contributed by atoms with van der Waals surface area (Å²) in [6.07, 6.45) is 0. The molecule has 0 aliphatic heterocycles. The van der Waals surface area contributed by atoms with Crippen LogP contribution in [0.15, 0.2) is 53.4 Å². The molecule has 1 amide bonds. The summed E-state index contributed by atoms with van der Waals surface area (Å²) in [6, 6.07) is 10.9. The number of aromatic nitrogens is 2. The van der Waals surface area contributed by atoms with E-state index in [1.54, 1.807) is 0 Å². The Morgan fingerprint density at radius 3 is 2.32 bits per heavy atom. The highest BCUT2D eigenvalue weighted by Crippen LogP contribution is 2.24. The van der Waals surface area contributed by atoms with Crippen LogP contribution in [0.1, 0.15) is 16.1 Å². The second-order valence-corrected chi connectivity index (χ2v) is 7.79. The zero-order valence-electron chi connectivity index (χ0n) is 14.8. The Labute approximate surface area is 165 Å². The lowest BCUT2D eigenvalue weighted by Gasteiger charge is -2.08. The molecule has 1 aromatic heterocycles. The average molecular weight is 424 g/mol. The van der Waals surface area contributed by atoms with Crippen LogP contribution in [-0.4, -0.2) is 31.2 Å². The molecular formula is C18H15ClFN3O4S. The van der Waals surface area contributed by atoms with Crippen molar-refractivity contribution in [2.45, 2.75) is 11.8 Å². The van der Waals surface area contributed by atoms with Gasteiger partial charge in [0.1, 0.15) is 22.3 Å². The molecule has 0 spiro atoms. The molecule has 0 unspecified atom stereocenters. The number of methoxy groups -OCH3 is 1. The van der Waals surface area contributed by atoms with E-state index in [1.807, 2.05) is 4.72 Å². The van der Waals surface area contributed by atoms with Gasteiger partial charge in [-0.25, -0.2) is 22.2 Å². The van der Waals surface area contributed by atoms with Gasteiger partial charge in [-0.3, -0.25) is 4.79 Å². The van der Waals surface area contributed by atoms with E-state index in [0.717, 1.165) is 0 Å². The molecule has 7 nitrogen and oxygen atoms in total. The topological polar surface area (TPSA) is 90.3 Å². The molecule has 3 aromatic rings. The fourth-order valence-corrected chi connectivity index (χ4v) is 3.81. The molecule has 1 heterocycles. The third kappa shape index (κ3) is 3.85. The molecule has 0 aliphatic rings. The van der Waals surface area contributed by atoms with E-state index < -0.39 is 21.7 Å². The van der Waals surface area contributed by atoms with Crippen molar-refractivity contribution in [3.8, 4) is 11.4 Å². The van der Waals surface area contributed by atoms with Gasteiger partial charge in [0.05, 0.1) is 23.4 Å². The lowest BCUT2D eigenvalue weighted by Crippen LogP contribution is -2.31. The van der Waals surface area contributed by atoms with Crippen molar-refractivity contribution in [3.05, 3.63) is 70.8 Å². The molecule has 0 radical (unpaired) electrons. The lowest BCUT2D eigenvalue weighted by atomic mass is 10.2. The van der Waals surface area contributed by atoms with Gasteiger partial charge in [0.15, 0.2) is 0 Å². The minimum atomic E-state index is -4.13. The summed E-state index contributed by atoms with van der Waals surface area (Å²) in [4.78, 5) is 12.5. The first kappa shape index (κ1) is 19.8. The third-order valence-electron chi connectivity index (χ3n) is 3.90. The zero-order valence-corrected chi connectivity index (χ0v) is 16.4. The first-order valence-corrected chi connectivity index (χ1v) is 9.81. The second kappa shape index (κ2) is 7.61. The minimum Gasteiger partial charge on any atom is -0.497 e. The molecule has 146 valence electrons. The number of carbonyl (C=O) groups excluding carboxylic acids is 1. The molecule has 28 heavy (non-hydrogen) atoms. The van der Waals surface area contributed by atoms with Gasteiger partial charge in [-0.1, -0.05) is 11.6 Å². The van der Waals surface area contributed by atoms with Gasteiger partial charge in [0, 0.05) is 0 Å². The number of nitrogens with zero attached hydrogens (tertiary/aromatic N) is 2. The lowest BCUT2D eigenvalue weighted by molar-refractivity contribution is 0.0981. The number of benzene rings is 2. The minimum absolute atomic E-state index is 0.0912. The molecule has 0 bridgehead atoms. The van der Waals surface area contributed by atoms with Crippen LogP contribution in [0.3, 0.4) is 0 Å². The van der Waals surface area contributed by atoms with Crippen LogP contribution in [0.4, 0.5) is 4.39 Å². The van der Waals surface area contributed by atoms with Crippen LogP contribution in [0.5, 0.6) is 5.75 Å². The van der Waals surface area contributed by atoms with Gasteiger partial charge in [0.25, 0.3) is 15.9 Å². The Balaban J connectivity index is 1.91. The number of amides is 1. The standard InChI is InChI=1S/C18H15ClFN3O4S/c1-11-16(17(19)23(21-11)13-5-3-12(20)4-6-13)18(24)22-28(25,26)15-9-7-14(27-2)8-10-15/h3-10H,1-2H3,(H,22,24). The highest BCUT2D eigenvalue weighted by Gasteiger charge is 2.26. The van der Waals surface area contributed by atoms with Gasteiger partial charge in [-0.05, 0) is 55.5 Å². The Kier molecular flexibility index (Phi) is 5.39. The maximum Gasteiger partial charge on any atom is 0.270 e. The summed E-state index contributed by atoms with van der Waals surface area (Å²) in [5.41, 5.74) is 0.548. The fourth-order valence-electron chi connectivity index (χ4n) is 2.50. The Bertz CT molecular complexity index is 1130. The largest absolute Gasteiger partial charge is 0.497 e. The van der Waals surface area contributed by atoms with Crippen LogP contribution in [0.25, 0.3) is 5.69 Å². The number of carbonyl (C=O) groups is 1. The summed E-state index contributed by atoms with van der Waals surface area (Å²) < 4.78 is 46.2.